The molecule has 238 valence electrons. The van der Waals surface area contributed by atoms with E-state index in [1.54, 1.807) is 11.1 Å². The summed E-state index contributed by atoms with van der Waals surface area (Å²) >= 11 is 0. The van der Waals surface area contributed by atoms with Crippen molar-refractivity contribution < 1.29 is 28.7 Å². The molecule has 3 aliphatic rings. The average Bonchev–Trinajstić information content (AvgIpc) is 3.84. The zero-order valence-corrected chi connectivity index (χ0v) is 25.8. The number of ether oxygens (including phenoxy) is 1. The van der Waals surface area contributed by atoms with Gasteiger partial charge in [0, 0.05) is 55.6 Å². The van der Waals surface area contributed by atoms with E-state index in [9.17, 15) is 19.5 Å². The van der Waals surface area contributed by atoms with E-state index in [-0.39, 0.29) is 28.9 Å². The molecule has 11 nitrogen and oxygen atoms in total. The van der Waals surface area contributed by atoms with Crippen LogP contribution in [0.5, 0.6) is 5.75 Å². The topological polar surface area (TPSA) is 117 Å². The minimum absolute atomic E-state index is 0.0756. The highest BCUT2D eigenvalue weighted by Crippen LogP contribution is 2.44. The van der Waals surface area contributed by atoms with Gasteiger partial charge in [-0.15, -0.1) is 0 Å². The Hall–Kier alpha value is -4.45. The van der Waals surface area contributed by atoms with Crippen molar-refractivity contribution in [2.45, 2.75) is 51.1 Å². The molecule has 0 radical (unpaired) electrons. The molecule has 1 amide bonds. The van der Waals surface area contributed by atoms with E-state index >= 15 is 4.39 Å². The molecule has 2 fully saturated rings. The van der Waals surface area contributed by atoms with Crippen LogP contribution < -0.4 is 20.0 Å². The second kappa shape index (κ2) is 12.5. The van der Waals surface area contributed by atoms with Gasteiger partial charge in [0.1, 0.15) is 12.3 Å². The van der Waals surface area contributed by atoms with Crippen LogP contribution in [0.4, 0.5) is 15.8 Å². The Kier molecular flexibility index (Phi) is 8.50. The molecule has 45 heavy (non-hydrogen) atoms. The smallest absolute Gasteiger partial charge is 0.308 e. The van der Waals surface area contributed by atoms with Crippen LogP contribution in [0.25, 0.3) is 10.9 Å². The minimum Gasteiger partial charge on any atom is -0.492 e. The number of hydrogen-bond donors (Lipinski definition) is 1. The van der Waals surface area contributed by atoms with E-state index in [1.165, 1.54) is 13.2 Å². The SMILES string of the molecule is CCO/N=C1\C(=O)N(CCN(C)C2CCCN(c3c(F)cc4c(=O)c(CC(=O)O)cn(C5CC5)c4c3OC)C2)c2ccccc21. The lowest BCUT2D eigenvalue weighted by Crippen LogP contribution is -2.49. The molecule has 3 aromatic rings. The third kappa shape index (κ3) is 5.74. The van der Waals surface area contributed by atoms with Crippen LogP contribution in [0.1, 0.15) is 49.8 Å². The van der Waals surface area contributed by atoms with Crippen LogP contribution in [-0.2, 0) is 20.8 Å². The Morgan fingerprint density at radius 2 is 1.98 bits per heavy atom. The zero-order valence-electron chi connectivity index (χ0n) is 25.8. The largest absolute Gasteiger partial charge is 0.492 e. The van der Waals surface area contributed by atoms with Crippen molar-refractivity contribution in [2.75, 3.05) is 56.7 Å². The number of anilines is 2. The van der Waals surface area contributed by atoms with Gasteiger partial charge in [-0.1, -0.05) is 23.4 Å². The Labute approximate surface area is 260 Å². The van der Waals surface area contributed by atoms with Crippen molar-refractivity contribution in [3.05, 3.63) is 63.7 Å². The number of rotatable bonds is 11. The first-order chi connectivity index (χ1) is 21.7. The van der Waals surface area contributed by atoms with Crippen LogP contribution in [-0.4, -0.2) is 85.1 Å². The first kappa shape index (κ1) is 30.6. The van der Waals surface area contributed by atoms with Crippen molar-refractivity contribution in [3.63, 3.8) is 0 Å². The van der Waals surface area contributed by atoms with Crippen LogP contribution in [0.15, 0.2) is 46.5 Å². The predicted molar refractivity (Wildman–Crippen MR) is 169 cm³/mol. The first-order valence-electron chi connectivity index (χ1n) is 15.5. The standard InChI is InChI=1S/C33H38FN5O6/c1-4-45-35-28-23-9-5-6-10-26(23)38(33(28)43)15-14-36(2)22-8-7-13-37(19-22)30-25(34)17-24-29(32(30)44-3)39(21-11-12-21)18-20(31(24)42)16-27(40)41/h5-6,9-10,17-18,21-22H,4,7-8,11-16,19H2,1-3H3,(H,40,41)/b35-28-. The number of piperidine rings is 1. The summed E-state index contributed by atoms with van der Waals surface area (Å²) in [4.78, 5) is 49.1. The maximum atomic E-state index is 16.0. The first-order valence-corrected chi connectivity index (χ1v) is 15.5. The summed E-state index contributed by atoms with van der Waals surface area (Å²) < 4.78 is 23.7. The summed E-state index contributed by atoms with van der Waals surface area (Å²) in [6.45, 7) is 4.37. The number of halogens is 1. The van der Waals surface area contributed by atoms with Gasteiger partial charge < -0.3 is 29.0 Å². The molecule has 0 spiro atoms. The van der Waals surface area contributed by atoms with Gasteiger partial charge in [-0.05, 0) is 51.8 Å². The van der Waals surface area contributed by atoms with Crippen molar-refractivity contribution in [1.82, 2.24) is 9.47 Å². The number of nitrogens with zero attached hydrogens (tertiary/aromatic N) is 5. The summed E-state index contributed by atoms with van der Waals surface area (Å²) in [5, 5.41) is 13.6. The molecule has 1 N–H and O–H groups in total. The predicted octanol–water partition coefficient (Wildman–Crippen LogP) is 3.80. The maximum Gasteiger partial charge on any atom is 0.308 e. The maximum absolute atomic E-state index is 16.0. The number of oxime groups is 1. The highest BCUT2D eigenvalue weighted by molar-refractivity contribution is 6.54. The monoisotopic (exact) mass is 619 g/mol. The highest BCUT2D eigenvalue weighted by Gasteiger charge is 2.36. The third-order valence-electron chi connectivity index (χ3n) is 8.95. The summed E-state index contributed by atoms with van der Waals surface area (Å²) in [6.07, 6.45) is 4.68. The number of carboxylic acid groups (broad SMARTS) is 1. The number of carboxylic acids is 1. The molecule has 2 aliphatic heterocycles. The van der Waals surface area contributed by atoms with Crippen molar-refractivity contribution in [2.24, 2.45) is 5.16 Å². The number of aromatic nitrogens is 1. The Morgan fingerprint density at radius 1 is 1.20 bits per heavy atom. The summed E-state index contributed by atoms with van der Waals surface area (Å²) in [7, 11) is 3.49. The highest BCUT2D eigenvalue weighted by atomic mass is 19.1. The number of carbonyl (C=O) groups excluding carboxylic acids is 1. The number of fused-ring (bicyclic) bond motifs is 2. The fourth-order valence-electron chi connectivity index (χ4n) is 6.58. The molecule has 1 unspecified atom stereocenters. The number of pyridine rings is 1. The molecule has 6 rings (SSSR count). The fourth-order valence-corrected chi connectivity index (χ4v) is 6.58. The van der Waals surface area contributed by atoms with Gasteiger partial charge in [0.2, 0.25) is 0 Å². The van der Waals surface area contributed by atoms with E-state index in [0.717, 1.165) is 36.9 Å². The number of para-hydroxylation sites is 1. The molecule has 12 heteroatoms. The number of aliphatic carboxylic acids is 1. The lowest BCUT2D eigenvalue weighted by Gasteiger charge is -2.40. The summed E-state index contributed by atoms with van der Waals surface area (Å²) in [5.74, 6) is -1.59. The third-order valence-corrected chi connectivity index (χ3v) is 8.95. The van der Waals surface area contributed by atoms with Gasteiger partial charge in [0.25, 0.3) is 5.91 Å². The van der Waals surface area contributed by atoms with Gasteiger partial charge >= 0.3 is 5.97 Å². The molecule has 1 saturated heterocycles. The Morgan fingerprint density at radius 3 is 2.69 bits per heavy atom. The number of hydrogen-bond acceptors (Lipinski definition) is 8. The van der Waals surface area contributed by atoms with E-state index < -0.39 is 23.6 Å². The van der Waals surface area contributed by atoms with Gasteiger partial charge in [0.05, 0.1) is 30.1 Å². The number of methoxy groups -OCH3 is 1. The lowest BCUT2D eigenvalue weighted by atomic mass is 10.0. The summed E-state index contributed by atoms with van der Waals surface area (Å²) in [6, 6.07) is 8.97. The molecule has 1 aromatic heterocycles. The molecule has 1 aliphatic carbocycles. The number of benzene rings is 2. The van der Waals surface area contributed by atoms with E-state index in [1.807, 2.05) is 47.7 Å². The molecule has 0 bridgehead atoms. The molecule has 1 saturated carbocycles. The number of likely N-dealkylation sites (N-methyl/N-ethyl adjacent to an activating group) is 1. The van der Waals surface area contributed by atoms with Gasteiger partial charge in [-0.3, -0.25) is 19.3 Å². The summed E-state index contributed by atoms with van der Waals surface area (Å²) in [5.41, 5.74) is 2.31. The fraction of sp³-hybridized carbons (Fsp3) is 0.455. The van der Waals surface area contributed by atoms with Crippen LogP contribution >= 0.6 is 0 Å². The average molecular weight is 620 g/mol. The number of carbonyl (C=O) groups is 2. The Balaban J connectivity index is 1.25. The van der Waals surface area contributed by atoms with Crippen molar-refractivity contribution >= 4 is 39.9 Å². The van der Waals surface area contributed by atoms with Crippen molar-refractivity contribution in [3.8, 4) is 5.75 Å². The zero-order chi connectivity index (χ0) is 31.8. The normalized spacial score (nSPS) is 19.1. The van der Waals surface area contributed by atoms with Gasteiger partial charge in [0.15, 0.2) is 22.7 Å². The van der Waals surface area contributed by atoms with E-state index in [2.05, 4.69) is 10.1 Å². The lowest BCUT2D eigenvalue weighted by molar-refractivity contribution is -0.136. The van der Waals surface area contributed by atoms with Crippen LogP contribution in [0.2, 0.25) is 0 Å². The molecular formula is C33H38FN5O6. The molecule has 2 aromatic carbocycles. The van der Waals surface area contributed by atoms with Gasteiger partial charge in [-0.25, -0.2) is 4.39 Å². The second-order valence-corrected chi connectivity index (χ2v) is 11.9. The van der Waals surface area contributed by atoms with Crippen molar-refractivity contribution in [1.29, 1.82) is 0 Å². The van der Waals surface area contributed by atoms with Gasteiger partial charge in [-0.2, -0.15) is 0 Å². The molecular weight excluding hydrogens is 581 g/mol. The Bertz CT molecular complexity index is 1730. The molecule has 1 atom stereocenters. The quantitative estimate of drug-likeness (QED) is 0.322. The van der Waals surface area contributed by atoms with E-state index in [0.29, 0.717) is 55.5 Å². The minimum atomic E-state index is -1.11. The van der Waals surface area contributed by atoms with E-state index in [4.69, 9.17) is 9.57 Å². The molecule has 3 heterocycles. The van der Waals surface area contributed by atoms with Crippen LogP contribution in [0.3, 0.4) is 0 Å². The number of amides is 1. The second-order valence-electron chi connectivity index (χ2n) is 11.9. The van der Waals surface area contributed by atoms with Crippen LogP contribution in [0, 0.1) is 5.82 Å².